The van der Waals surface area contributed by atoms with Crippen molar-refractivity contribution < 1.29 is 29.6 Å². The van der Waals surface area contributed by atoms with Crippen molar-refractivity contribution in [2.45, 2.75) is 30.6 Å². The van der Waals surface area contributed by atoms with Crippen LogP contribution in [0.4, 0.5) is 4.79 Å². The summed E-state index contributed by atoms with van der Waals surface area (Å²) in [5.41, 5.74) is 0. The van der Waals surface area contributed by atoms with Gasteiger partial charge in [-0.05, 0) is 0 Å². The molecule has 1 aliphatic heterocycles. The molecule has 1 fully saturated rings. The van der Waals surface area contributed by atoms with E-state index in [0.29, 0.717) is 5.01 Å². The summed E-state index contributed by atoms with van der Waals surface area (Å²) in [6, 6.07) is -2.08. The molecule has 0 aliphatic carbocycles. The fourth-order valence-corrected chi connectivity index (χ4v) is 1.73. The van der Waals surface area contributed by atoms with E-state index in [4.69, 9.17) is 14.6 Å². The maximum atomic E-state index is 11.5. The van der Waals surface area contributed by atoms with E-state index in [-0.39, 0.29) is 0 Å². The normalized spacial score (nSPS) is 34.7. The Morgan fingerprint density at radius 2 is 2.11 bits per heavy atom. The Morgan fingerprint density at radius 3 is 2.58 bits per heavy atom. The number of hydrogen-bond donors (Lipinski definition) is 4. The highest BCUT2D eigenvalue weighted by atomic mass is 16.7. The summed E-state index contributed by atoms with van der Waals surface area (Å²) in [7, 11) is 2.37. The van der Waals surface area contributed by atoms with Gasteiger partial charge in [-0.3, -0.25) is 0 Å². The molecule has 0 spiro atoms. The van der Waals surface area contributed by atoms with E-state index in [1.165, 1.54) is 7.11 Å². The number of urea groups is 1. The van der Waals surface area contributed by atoms with E-state index in [9.17, 15) is 19.9 Å². The molecule has 2 amide bonds. The van der Waals surface area contributed by atoms with Crippen molar-refractivity contribution in [3.05, 3.63) is 4.91 Å². The molecule has 1 heterocycles. The molecule has 5 atom stereocenters. The number of nitroso groups, excluding NO2 is 1. The van der Waals surface area contributed by atoms with Gasteiger partial charge in [0.05, 0.1) is 17.9 Å². The van der Waals surface area contributed by atoms with Gasteiger partial charge in [0.25, 0.3) is 0 Å². The lowest BCUT2D eigenvalue weighted by Crippen LogP contribution is -2.65. The molecule has 10 nitrogen and oxygen atoms in total. The highest BCUT2D eigenvalue weighted by Crippen LogP contribution is 2.21. The van der Waals surface area contributed by atoms with Crippen LogP contribution >= 0.6 is 0 Å². The summed E-state index contributed by atoms with van der Waals surface area (Å²) in [6.07, 6.45) is -4.89. The van der Waals surface area contributed by atoms with Gasteiger partial charge in [0.1, 0.15) is 18.3 Å². The highest BCUT2D eigenvalue weighted by molar-refractivity contribution is 5.73. The molecular weight excluding hydrogens is 262 g/mol. The molecule has 1 rings (SSSR count). The fourth-order valence-electron chi connectivity index (χ4n) is 1.73. The van der Waals surface area contributed by atoms with Gasteiger partial charge in [-0.2, -0.15) is 5.01 Å². The largest absolute Gasteiger partial charge is 0.394 e. The Kier molecular flexibility index (Phi) is 5.57. The number of nitrogens with one attached hydrogen (secondary N) is 1. The van der Waals surface area contributed by atoms with Gasteiger partial charge >= 0.3 is 6.03 Å². The Morgan fingerprint density at radius 1 is 1.47 bits per heavy atom. The molecule has 10 heteroatoms. The minimum atomic E-state index is -1.37. The fraction of sp³-hybridized carbons (Fsp3) is 0.889. The van der Waals surface area contributed by atoms with Crippen LogP contribution in [-0.2, 0) is 9.47 Å². The Hall–Kier alpha value is -1.33. The molecule has 0 saturated carbocycles. The number of ether oxygens (including phenoxy) is 2. The molecule has 19 heavy (non-hydrogen) atoms. The van der Waals surface area contributed by atoms with Gasteiger partial charge in [0.15, 0.2) is 6.29 Å². The average Bonchev–Trinajstić information content (AvgIpc) is 2.42. The standard InChI is InChI=1S/C9H17N3O7/c1-12(11-17)9(16)10-5-6(14)4(3-13)19-8(18-2)7(5)15/h4-8,13-15H,3H2,1-2H3,(H,10,16). The zero-order valence-corrected chi connectivity index (χ0v) is 10.5. The molecule has 0 aromatic rings. The number of nitrogens with zero attached hydrogens (tertiary/aromatic N) is 2. The number of aliphatic hydroxyl groups is 3. The van der Waals surface area contributed by atoms with Crippen molar-refractivity contribution >= 4 is 6.03 Å². The predicted octanol–water partition coefficient (Wildman–Crippen LogP) is -2.24. The summed E-state index contributed by atoms with van der Waals surface area (Å²) in [6.45, 7) is -0.526. The summed E-state index contributed by atoms with van der Waals surface area (Å²) < 4.78 is 9.92. The second-order valence-electron chi connectivity index (χ2n) is 4.02. The quantitative estimate of drug-likeness (QED) is 0.337. The summed E-state index contributed by atoms with van der Waals surface area (Å²) in [5.74, 6) is 0. The number of aliphatic hydroxyl groups excluding tert-OH is 3. The molecule has 0 aromatic carbocycles. The van der Waals surface area contributed by atoms with Gasteiger partial charge in [-0.1, -0.05) is 0 Å². The molecule has 110 valence electrons. The van der Waals surface area contributed by atoms with Crippen molar-refractivity contribution in [2.24, 2.45) is 5.29 Å². The van der Waals surface area contributed by atoms with Crippen LogP contribution in [0.15, 0.2) is 5.29 Å². The molecule has 0 bridgehead atoms. The van der Waals surface area contributed by atoms with Crippen molar-refractivity contribution in [1.29, 1.82) is 0 Å². The third-order valence-corrected chi connectivity index (χ3v) is 2.82. The van der Waals surface area contributed by atoms with Crippen LogP contribution in [0.25, 0.3) is 0 Å². The van der Waals surface area contributed by atoms with E-state index >= 15 is 0 Å². The molecule has 1 aliphatic rings. The Bertz CT molecular complexity index is 313. The molecule has 4 N–H and O–H groups in total. The SMILES string of the molecule is COC1OC(CO)C(O)C(NC(=O)N(C)N=O)C1O. The van der Waals surface area contributed by atoms with E-state index in [1.54, 1.807) is 0 Å². The van der Waals surface area contributed by atoms with Crippen LogP contribution in [-0.4, -0.2) is 77.8 Å². The minimum Gasteiger partial charge on any atom is -0.394 e. The van der Waals surface area contributed by atoms with Gasteiger partial charge < -0.3 is 30.1 Å². The summed E-state index contributed by atoms with van der Waals surface area (Å²) >= 11 is 0. The van der Waals surface area contributed by atoms with E-state index in [0.717, 1.165) is 7.05 Å². The molecule has 0 aromatic heterocycles. The zero-order valence-electron chi connectivity index (χ0n) is 10.5. The van der Waals surface area contributed by atoms with Gasteiger partial charge in [0, 0.05) is 14.2 Å². The highest BCUT2D eigenvalue weighted by Gasteiger charge is 2.45. The van der Waals surface area contributed by atoms with E-state index < -0.39 is 43.3 Å². The number of carbonyl (C=O) groups is 1. The van der Waals surface area contributed by atoms with Crippen LogP contribution in [0.3, 0.4) is 0 Å². The van der Waals surface area contributed by atoms with E-state index in [1.807, 2.05) is 0 Å². The number of methoxy groups -OCH3 is 1. The van der Waals surface area contributed by atoms with Crippen LogP contribution in [0.5, 0.6) is 0 Å². The predicted molar refractivity (Wildman–Crippen MR) is 60.6 cm³/mol. The summed E-state index contributed by atoms with van der Waals surface area (Å²) in [4.78, 5) is 21.7. The lowest BCUT2D eigenvalue weighted by molar-refractivity contribution is -0.270. The van der Waals surface area contributed by atoms with Crippen LogP contribution in [0.1, 0.15) is 0 Å². The first-order valence-corrected chi connectivity index (χ1v) is 5.49. The maximum absolute atomic E-state index is 11.5. The Balaban J connectivity index is 2.81. The number of hydrogen-bond acceptors (Lipinski definition) is 8. The summed E-state index contributed by atoms with van der Waals surface area (Å²) in [5, 5.41) is 33.9. The van der Waals surface area contributed by atoms with Crippen LogP contribution in [0.2, 0.25) is 0 Å². The first-order chi connectivity index (χ1) is 8.96. The lowest BCUT2D eigenvalue weighted by atomic mass is 9.96. The molecule has 1 saturated heterocycles. The smallest absolute Gasteiger partial charge is 0.340 e. The van der Waals surface area contributed by atoms with Gasteiger partial charge in [-0.25, -0.2) is 4.79 Å². The number of rotatable bonds is 4. The molecular formula is C9H17N3O7. The number of amides is 2. The van der Waals surface area contributed by atoms with Crippen molar-refractivity contribution in [3.8, 4) is 0 Å². The first kappa shape index (κ1) is 15.7. The van der Waals surface area contributed by atoms with Crippen molar-refractivity contribution in [1.82, 2.24) is 10.3 Å². The third kappa shape index (κ3) is 3.36. The second kappa shape index (κ2) is 6.73. The molecule has 5 unspecified atom stereocenters. The van der Waals surface area contributed by atoms with Crippen LogP contribution in [0, 0.1) is 4.91 Å². The first-order valence-electron chi connectivity index (χ1n) is 5.49. The van der Waals surface area contributed by atoms with Crippen molar-refractivity contribution in [2.75, 3.05) is 20.8 Å². The topological polar surface area (TPSA) is 141 Å². The van der Waals surface area contributed by atoms with Gasteiger partial charge in [0.2, 0.25) is 0 Å². The maximum Gasteiger partial charge on any atom is 0.340 e. The average molecular weight is 279 g/mol. The number of carbonyl (C=O) groups excluding carboxylic acids is 1. The third-order valence-electron chi connectivity index (χ3n) is 2.82. The second-order valence-corrected chi connectivity index (χ2v) is 4.02. The Labute approximate surface area is 108 Å². The monoisotopic (exact) mass is 279 g/mol. The van der Waals surface area contributed by atoms with Crippen LogP contribution < -0.4 is 5.32 Å². The molecule has 0 radical (unpaired) electrons. The minimum absolute atomic E-state index is 0.463. The van der Waals surface area contributed by atoms with Crippen molar-refractivity contribution in [3.63, 3.8) is 0 Å². The lowest BCUT2D eigenvalue weighted by Gasteiger charge is -2.41. The van der Waals surface area contributed by atoms with E-state index in [2.05, 4.69) is 10.6 Å². The zero-order chi connectivity index (χ0) is 14.6. The van der Waals surface area contributed by atoms with Gasteiger partial charge in [-0.15, -0.1) is 4.91 Å².